The normalized spacial score (nSPS) is 11.0. The van der Waals surface area contributed by atoms with Crippen LogP contribution in [0.3, 0.4) is 0 Å². The van der Waals surface area contributed by atoms with Gasteiger partial charge < -0.3 is 10.1 Å². The lowest BCUT2D eigenvalue weighted by atomic mass is 10.1. The zero-order valence-corrected chi connectivity index (χ0v) is 18.7. The molecule has 1 amide bonds. The van der Waals surface area contributed by atoms with Crippen molar-refractivity contribution in [2.75, 3.05) is 5.32 Å². The number of anilines is 1. The van der Waals surface area contributed by atoms with Gasteiger partial charge in [-0.05, 0) is 48.4 Å². The zero-order chi connectivity index (χ0) is 22.4. The maximum Gasteiger partial charge on any atom is 0.266 e. The average Bonchev–Trinajstić information content (AvgIpc) is 2.74. The largest absolute Gasteiger partial charge is 0.486 e. The van der Waals surface area contributed by atoms with Crippen LogP contribution in [0.15, 0.2) is 66.2 Å². The Hall–Kier alpha value is -2.97. The van der Waals surface area contributed by atoms with E-state index in [0.717, 1.165) is 11.1 Å². The minimum absolute atomic E-state index is 0.0832. The first kappa shape index (κ1) is 22.7. The highest BCUT2D eigenvalue weighted by molar-refractivity contribution is 6.37. The second kappa shape index (κ2) is 10.4. The van der Waals surface area contributed by atoms with E-state index in [-0.39, 0.29) is 22.2 Å². The number of amides is 1. The Morgan fingerprint density at radius 2 is 1.68 bits per heavy atom. The number of nitrogens with one attached hydrogen (secondary N) is 1. The summed E-state index contributed by atoms with van der Waals surface area (Å²) < 4.78 is 5.75. The van der Waals surface area contributed by atoms with E-state index in [1.165, 1.54) is 6.08 Å². The molecule has 156 valence electrons. The molecule has 0 heterocycles. The predicted molar refractivity (Wildman–Crippen MR) is 126 cm³/mol. The molecule has 0 aromatic heterocycles. The van der Waals surface area contributed by atoms with E-state index in [0.29, 0.717) is 22.0 Å². The lowest BCUT2D eigenvalue weighted by Gasteiger charge is -2.12. The van der Waals surface area contributed by atoms with Gasteiger partial charge in [-0.2, -0.15) is 5.26 Å². The lowest BCUT2D eigenvalue weighted by Crippen LogP contribution is -2.14. The Bertz CT molecular complexity index is 1180. The van der Waals surface area contributed by atoms with Gasteiger partial charge in [-0.15, -0.1) is 0 Å². The van der Waals surface area contributed by atoms with E-state index >= 15 is 0 Å². The average molecular weight is 472 g/mol. The number of para-hydroxylation sites is 1. The van der Waals surface area contributed by atoms with Crippen LogP contribution in [-0.4, -0.2) is 5.91 Å². The van der Waals surface area contributed by atoms with Crippen molar-refractivity contribution < 1.29 is 9.53 Å². The fourth-order valence-electron chi connectivity index (χ4n) is 2.78. The maximum atomic E-state index is 12.5. The topological polar surface area (TPSA) is 62.1 Å². The van der Waals surface area contributed by atoms with E-state index in [1.54, 1.807) is 30.3 Å². The lowest BCUT2D eigenvalue weighted by molar-refractivity contribution is -0.112. The van der Waals surface area contributed by atoms with Gasteiger partial charge in [0.05, 0.1) is 10.0 Å². The molecule has 3 aromatic carbocycles. The van der Waals surface area contributed by atoms with E-state index in [2.05, 4.69) is 5.32 Å². The number of hydrogen-bond donors (Lipinski definition) is 1. The summed E-state index contributed by atoms with van der Waals surface area (Å²) >= 11 is 18.8. The molecule has 0 saturated carbocycles. The third-order valence-electron chi connectivity index (χ3n) is 4.42. The highest BCUT2D eigenvalue weighted by Crippen LogP contribution is 2.36. The highest BCUT2D eigenvalue weighted by atomic mass is 35.5. The molecule has 4 nitrogen and oxygen atoms in total. The smallest absolute Gasteiger partial charge is 0.266 e. The number of hydrogen-bond acceptors (Lipinski definition) is 3. The van der Waals surface area contributed by atoms with Crippen LogP contribution in [0, 0.1) is 18.3 Å². The minimum atomic E-state index is -0.525. The van der Waals surface area contributed by atoms with Gasteiger partial charge in [-0.1, -0.05) is 71.2 Å². The molecule has 3 aromatic rings. The summed E-state index contributed by atoms with van der Waals surface area (Å²) in [7, 11) is 0. The van der Waals surface area contributed by atoms with Crippen LogP contribution in [0.1, 0.15) is 16.7 Å². The predicted octanol–water partition coefficient (Wildman–Crippen LogP) is 7.08. The standard InChI is InChI=1S/C24H17Cl3N2O2/c1-15-6-2-5-9-22(15)29-24(30)18(13-28)10-16-11-20(26)23(21(27)12-16)31-14-17-7-3-4-8-19(17)25/h2-12H,14H2,1H3,(H,29,30)/b18-10-. The van der Waals surface area contributed by atoms with Crippen LogP contribution in [0.25, 0.3) is 6.08 Å². The van der Waals surface area contributed by atoms with Crippen molar-refractivity contribution in [1.82, 2.24) is 0 Å². The van der Waals surface area contributed by atoms with Crippen molar-refractivity contribution in [2.45, 2.75) is 13.5 Å². The zero-order valence-electron chi connectivity index (χ0n) is 16.5. The monoisotopic (exact) mass is 470 g/mol. The van der Waals surface area contributed by atoms with Gasteiger partial charge in [0.15, 0.2) is 5.75 Å². The number of ether oxygens (including phenoxy) is 1. The Morgan fingerprint density at radius 3 is 2.32 bits per heavy atom. The molecule has 0 aliphatic rings. The number of aryl methyl sites for hydroxylation is 1. The van der Waals surface area contributed by atoms with E-state index in [1.807, 2.05) is 43.3 Å². The number of nitrogens with zero attached hydrogens (tertiary/aromatic N) is 1. The van der Waals surface area contributed by atoms with E-state index in [4.69, 9.17) is 39.5 Å². The molecule has 0 spiro atoms. The summed E-state index contributed by atoms with van der Waals surface area (Å²) in [5.74, 6) is -0.230. The molecule has 0 saturated heterocycles. The first-order chi connectivity index (χ1) is 14.9. The Kier molecular flexibility index (Phi) is 7.59. The molecule has 0 atom stereocenters. The Balaban J connectivity index is 1.80. The van der Waals surface area contributed by atoms with Gasteiger partial charge in [0.25, 0.3) is 5.91 Å². The molecule has 1 N–H and O–H groups in total. The first-order valence-corrected chi connectivity index (χ1v) is 10.4. The Morgan fingerprint density at radius 1 is 1.03 bits per heavy atom. The van der Waals surface area contributed by atoms with Crippen molar-refractivity contribution in [3.63, 3.8) is 0 Å². The highest BCUT2D eigenvalue weighted by Gasteiger charge is 2.14. The number of rotatable bonds is 6. The third kappa shape index (κ3) is 5.80. The van der Waals surface area contributed by atoms with Crippen LogP contribution in [0.5, 0.6) is 5.75 Å². The number of halogens is 3. The molecule has 0 unspecified atom stereocenters. The van der Waals surface area contributed by atoms with Crippen LogP contribution >= 0.6 is 34.8 Å². The molecular formula is C24H17Cl3N2O2. The molecular weight excluding hydrogens is 455 g/mol. The van der Waals surface area contributed by atoms with Crippen LogP contribution in [-0.2, 0) is 11.4 Å². The molecule has 0 bridgehead atoms. The van der Waals surface area contributed by atoms with Gasteiger partial charge in [-0.25, -0.2) is 0 Å². The Labute approximate surface area is 195 Å². The summed E-state index contributed by atoms with van der Waals surface area (Å²) in [5, 5.41) is 13.3. The van der Waals surface area contributed by atoms with Crippen molar-refractivity contribution in [1.29, 1.82) is 5.26 Å². The molecule has 31 heavy (non-hydrogen) atoms. The van der Waals surface area contributed by atoms with Gasteiger partial charge in [-0.3, -0.25) is 4.79 Å². The van der Waals surface area contributed by atoms with Crippen molar-refractivity contribution in [3.05, 3.63) is 98.0 Å². The fraction of sp³-hybridized carbons (Fsp3) is 0.0833. The number of carbonyl (C=O) groups excluding carboxylic acids is 1. The second-order valence-corrected chi connectivity index (χ2v) is 7.85. The molecule has 0 radical (unpaired) electrons. The quantitative estimate of drug-likeness (QED) is 0.308. The number of benzene rings is 3. The molecule has 0 aliphatic carbocycles. The van der Waals surface area contributed by atoms with Gasteiger partial charge >= 0.3 is 0 Å². The van der Waals surface area contributed by atoms with E-state index in [9.17, 15) is 10.1 Å². The van der Waals surface area contributed by atoms with Crippen LogP contribution in [0.4, 0.5) is 5.69 Å². The first-order valence-electron chi connectivity index (χ1n) is 9.23. The minimum Gasteiger partial charge on any atom is -0.486 e. The summed E-state index contributed by atoms with van der Waals surface area (Å²) in [6.07, 6.45) is 1.42. The van der Waals surface area contributed by atoms with Crippen LogP contribution < -0.4 is 10.1 Å². The summed E-state index contributed by atoms with van der Waals surface area (Å²) in [6.45, 7) is 2.06. The van der Waals surface area contributed by atoms with E-state index < -0.39 is 5.91 Å². The van der Waals surface area contributed by atoms with Crippen molar-refractivity contribution >= 4 is 52.5 Å². The van der Waals surface area contributed by atoms with Crippen molar-refractivity contribution in [3.8, 4) is 11.8 Å². The van der Waals surface area contributed by atoms with Gasteiger partial charge in [0.1, 0.15) is 18.2 Å². The number of carbonyl (C=O) groups is 1. The maximum absolute atomic E-state index is 12.5. The third-order valence-corrected chi connectivity index (χ3v) is 5.35. The summed E-state index contributed by atoms with van der Waals surface area (Å²) in [5.41, 5.74) is 2.73. The number of nitriles is 1. The van der Waals surface area contributed by atoms with Crippen molar-refractivity contribution in [2.24, 2.45) is 0 Å². The second-order valence-electron chi connectivity index (χ2n) is 6.63. The summed E-state index contributed by atoms with van der Waals surface area (Å²) in [4.78, 5) is 12.5. The fourth-order valence-corrected chi connectivity index (χ4v) is 3.59. The molecule has 0 aliphatic heterocycles. The molecule has 7 heteroatoms. The van der Waals surface area contributed by atoms with Gasteiger partial charge in [0, 0.05) is 16.3 Å². The molecule has 0 fully saturated rings. The van der Waals surface area contributed by atoms with Crippen LogP contribution in [0.2, 0.25) is 15.1 Å². The molecule has 3 rings (SSSR count). The summed E-state index contributed by atoms with van der Waals surface area (Å²) in [6, 6.07) is 19.7. The van der Waals surface area contributed by atoms with Gasteiger partial charge in [0.2, 0.25) is 0 Å². The SMILES string of the molecule is Cc1ccccc1NC(=O)/C(C#N)=C\c1cc(Cl)c(OCc2ccccc2Cl)c(Cl)c1.